The number of rotatable bonds is 7. The van der Waals surface area contributed by atoms with Gasteiger partial charge in [-0.25, -0.2) is 4.98 Å². The molecular weight excluding hydrogens is 288 g/mol. The molecule has 0 aliphatic carbocycles. The van der Waals surface area contributed by atoms with Crippen molar-refractivity contribution >= 4 is 27.8 Å². The van der Waals surface area contributed by atoms with Crippen LogP contribution >= 0.6 is 11.3 Å². The number of anilines is 2. The molecule has 0 bridgehead atoms. The van der Waals surface area contributed by atoms with Crippen LogP contribution in [0.2, 0.25) is 0 Å². The highest BCUT2D eigenvalue weighted by Gasteiger charge is 2.14. The number of nitro groups is 1. The van der Waals surface area contributed by atoms with Gasteiger partial charge >= 0.3 is 0 Å². The van der Waals surface area contributed by atoms with Crippen LogP contribution in [0.25, 0.3) is 0 Å². The quantitative estimate of drug-likeness (QED) is 0.606. The van der Waals surface area contributed by atoms with Crippen LogP contribution in [0.15, 0.2) is 24.4 Å². The summed E-state index contributed by atoms with van der Waals surface area (Å²) in [6, 6.07) is 5.37. The number of nitrogens with zero attached hydrogens (tertiary/aromatic N) is 2. The zero-order valence-electron chi connectivity index (χ0n) is 12.0. The first-order valence-electron chi connectivity index (χ1n) is 6.77. The first-order valence-corrected chi connectivity index (χ1v) is 7.59. The molecule has 0 unspecified atom stereocenters. The Morgan fingerprint density at radius 2 is 2.19 bits per heavy atom. The van der Waals surface area contributed by atoms with Crippen molar-refractivity contribution in [2.75, 3.05) is 24.2 Å². The second-order valence-electron chi connectivity index (χ2n) is 4.52. The number of hydrogen-bond donors (Lipinski definition) is 2. The number of hydrogen-bond acceptors (Lipinski definition) is 6. The highest BCUT2D eigenvalue weighted by molar-refractivity contribution is 7.15. The van der Waals surface area contributed by atoms with Crippen LogP contribution in [0.1, 0.15) is 17.4 Å². The molecule has 1 heterocycles. The predicted octanol–water partition coefficient (Wildman–Crippen LogP) is 3.31. The Labute approximate surface area is 127 Å². The number of aryl methyl sites for hydroxylation is 2. The lowest BCUT2D eigenvalue weighted by molar-refractivity contribution is -0.384. The van der Waals surface area contributed by atoms with Crippen LogP contribution < -0.4 is 10.6 Å². The summed E-state index contributed by atoms with van der Waals surface area (Å²) < 4.78 is 0. The maximum Gasteiger partial charge on any atom is 0.292 e. The normalized spacial score (nSPS) is 10.4. The van der Waals surface area contributed by atoms with Crippen LogP contribution in [-0.4, -0.2) is 23.5 Å². The molecule has 2 rings (SSSR count). The van der Waals surface area contributed by atoms with Gasteiger partial charge in [-0.05, 0) is 31.4 Å². The zero-order chi connectivity index (χ0) is 15.2. The molecule has 2 N–H and O–H groups in total. The summed E-state index contributed by atoms with van der Waals surface area (Å²) in [6.07, 6.45) is 3.44. The summed E-state index contributed by atoms with van der Waals surface area (Å²) in [7, 11) is 1.84. The Balaban J connectivity index is 2.09. The largest absolute Gasteiger partial charge is 0.380 e. The van der Waals surface area contributed by atoms with Crippen LogP contribution in [-0.2, 0) is 12.8 Å². The molecule has 0 saturated carbocycles. The van der Waals surface area contributed by atoms with E-state index in [0.717, 1.165) is 28.4 Å². The summed E-state index contributed by atoms with van der Waals surface area (Å²) in [4.78, 5) is 16.2. The van der Waals surface area contributed by atoms with Gasteiger partial charge in [0.15, 0.2) is 5.13 Å². The lowest BCUT2D eigenvalue weighted by Gasteiger charge is -2.06. The molecule has 0 aliphatic heterocycles. The van der Waals surface area contributed by atoms with Crippen molar-refractivity contribution in [1.29, 1.82) is 0 Å². The minimum absolute atomic E-state index is 0.134. The van der Waals surface area contributed by atoms with Crippen molar-refractivity contribution in [3.8, 4) is 0 Å². The van der Waals surface area contributed by atoms with E-state index < -0.39 is 0 Å². The molecule has 1 aromatic heterocycles. The fourth-order valence-electron chi connectivity index (χ4n) is 2.03. The Morgan fingerprint density at radius 3 is 2.81 bits per heavy atom. The molecule has 112 valence electrons. The topological polar surface area (TPSA) is 80.1 Å². The van der Waals surface area contributed by atoms with Gasteiger partial charge in [0.2, 0.25) is 0 Å². The van der Waals surface area contributed by atoms with Gasteiger partial charge in [-0.3, -0.25) is 10.1 Å². The molecule has 0 spiro atoms. The van der Waals surface area contributed by atoms with E-state index in [1.54, 1.807) is 23.5 Å². The van der Waals surface area contributed by atoms with E-state index in [0.29, 0.717) is 12.2 Å². The van der Waals surface area contributed by atoms with E-state index in [9.17, 15) is 10.1 Å². The van der Waals surface area contributed by atoms with Crippen LogP contribution in [0.3, 0.4) is 0 Å². The fourth-order valence-corrected chi connectivity index (χ4v) is 2.80. The Kier molecular flexibility index (Phi) is 5.10. The van der Waals surface area contributed by atoms with Crippen molar-refractivity contribution < 1.29 is 4.92 Å². The third-order valence-corrected chi connectivity index (χ3v) is 4.13. The molecule has 0 saturated heterocycles. The number of aromatic nitrogens is 1. The molecule has 0 atom stereocenters. The van der Waals surface area contributed by atoms with Crippen molar-refractivity contribution in [2.45, 2.75) is 19.8 Å². The lowest BCUT2D eigenvalue weighted by atomic mass is 10.1. The van der Waals surface area contributed by atoms with Crippen molar-refractivity contribution in [2.24, 2.45) is 0 Å². The van der Waals surface area contributed by atoms with Crippen LogP contribution in [0.5, 0.6) is 0 Å². The van der Waals surface area contributed by atoms with Gasteiger partial charge in [-0.1, -0.05) is 6.07 Å². The maximum absolute atomic E-state index is 11.1. The third kappa shape index (κ3) is 3.91. The molecule has 0 fully saturated rings. The summed E-state index contributed by atoms with van der Waals surface area (Å²) in [5.74, 6) is 0. The smallest absolute Gasteiger partial charge is 0.292 e. The number of nitro benzene ring substituents is 1. The first-order chi connectivity index (χ1) is 10.1. The van der Waals surface area contributed by atoms with Crippen molar-refractivity contribution in [3.63, 3.8) is 0 Å². The van der Waals surface area contributed by atoms with E-state index in [1.807, 2.05) is 26.2 Å². The molecular formula is C14H18N4O2S. The van der Waals surface area contributed by atoms with Gasteiger partial charge in [-0.15, -0.1) is 11.3 Å². The van der Waals surface area contributed by atoms with E-state index in [-0.39, 0.29) is 10.6 Å². The minimum atomic E-state index is -0.340. The van der Waals surface area contributed by atoms with Gasteiger partial charge < -0.3 is 10.6 Å². The highest BCUT2D eigenvalue weighted by Crippen LogP contribution is 2.26. The number of benzene rings is 1. The van der Waals surface area contributed by atoms with Crippen LogP contribution in [0, 0.1) is 10.1 Å². The van der Waals surface area contributed by atoms with Gasteiger partial charge in [-0.2, -0.15) is 0 Å². The van der Waals surface area contributed by atoms with Crippen molar-refractivity contribution in [3.05, 3.63) is 45.0 Å². The summed E-state index contributed by atoms with van der Waals surface area (Å²) in [5.41, 5.74) is 1.67. The van der Waals surface area contributed by atoms with Gasteiger partial charge in [0, 0.05) is 30.7 Å². The molecule has 2 aromatic rings. The van der Waals surface area contributed by atoms with Crippen LogP contribution in [0.4, 0.5) is 16.5 Å². The Bertz CT molecular complexity index is 627. The zero-order valence-corrected chi connectivity index (χ0v) is 12.9. The number of thiazole rings is 1. The van der Waals surface area contributed by atoms with Crippen molar-refractivity contribution in [1.82, 2.24) is 4.98 Å². The molecule has 7 heteroatoms. The molecule has 0 radical (unpaired) electrons. The Morgan fingerprint density at radius 1 is 1.38 bits per heavy atom. The maximum atomic E-state index is 11.1. The molecule has 6 nitrogen and oxygen atoms in total. The molecule has 0 amide bonds. The van der Waals surface area contributed by atoms with Gasteiger partial charge in [0.25, 0.3) is 5.69 Å². The number of nitrogens with one attached hydrogen (secondary N) is 2. The van der Waals surface area contributed by atoms with E-state index in [1.165, 1.54) is 0 Å². The molecule has 1 aromatic carbocycles. The second-order valence-corrected chi connectivity index (χ2v) is 5.64. The highest BCUT2D eigenvalue weighted by atomic mass is 32.1. The SMILES string of the molecule is CCNc1ccc(CCc2cnc(NC)s2)cc1[N+](=O)[O-]. The van der Waals surface area contributed by atoms with E-state index in [2.05, 4.69) is 15.6 Å². The Hall–Kier alpha value is -2.15. The third-order valence-electron chi connectivity index (χ3n) is 3.05. The minimum Gasteiger partial charge on any atom is -0.380 e. The van der Waals surface area contributed by atoms with Gasteiger partial charge in [0.05, 0.1) is 4.92 Å². The van der Waals surface area contributed by atoms with Gasteiger partial charge in [0.1, 0.15) is 5.69 Å². The summed E-state index contributed by atoms with van der Waals surface area (Å²) in [5, 5.41) is 18.0. The first kappa shape index (κ1) is 15.2. The monoisotopic (exact) mass is 306 g/mol. The second kappa shape index (κ2) is 7.03. The lowest BCUT2D eigenvalue weighted by Crippen LogP contribution is -2.02. The van der Waals surface area contributed by atoms with E-state index in [4.69, 9.17) is 0 Å². The molecule has 0 aliphatic rings. The average Bonchev–Trinajstić information content (AvgIpc) is 2.94. The fraction of sp³-hybridized carbons (Fsp3) is 0.357. The molecule has 21 heavy (non-hydrogen) atoms. The summed E-state index contributed by atoms with van der Waals surface area (Å²) in [6.45, 7) is 2.58. The average molecular weight is 306 g/mol. The van der Waals surface area contributed by atoms with E-state index >= 15 is 0 Å². The predicted molar refractivity (Wildman–Crippen MR) is 86.3 cm³/mol. The summed E-state index contributed by atoms with van der Waals surface area (Å²) >= 11 is 1.61. The standard InChI is InChI=1S/C14H18N4O2S/c1-3-16-12-7-5-10(8-13(12)18(19)20)4-6-11-9-17-14(15-2)21-11/h5,7-9,16H,3-4,6H2,1-2H3,(H,15,17).